The van der Waals surface area contributed by atoms with Crippen LogP contribution in [0, 0.1) is 0 Å². The average Bonchev–Trinajstić information content (AvgIpc) is 0.918. The van der Waals surface area contributed by atoms with Gasteiger partial charge in [-0.15, -0.1) is 0 Å². The molecule has 0 radical (unpaired) electrons. The van der Waals surface area contributed by atoms with Gasteiger partial charge in [-0.05, 0) is 70.6 Å². The molecule has 0 spiro atoms. The number of aliphatic hydroxyl groups excluding tert-OH is 5. The van der Waals surface area contributed by atoms with Gasteiger partial charge in [0.05, 0.1) is 25.4 Å². The van der Waals surface area contributed by atoms with Gasteiger partial charge in [0, 0.05) is 6.42 Å². The van der Waals surface area contributed by atoms with Crippen LogP contribution in [0.25, 0.3) is 0 Å². The standard InChI is InChI=1S/C82H151NO10/c1-4-7-10-13-16-19-22-25-27-29-31-33-35-37-38-39-41-43-45-47-49-52-55-58-61-64-67-70-77(87)93-80-79(89)78(88)76(71-84)92-82(80)91-72-73(74(85)68-65-62-59-56-53-50-24-21-18-15-12-9-6-3)83-81(90)75(86)69-66-63-60-57-54-51-48-46-44-42-40-36-34-32-30-28-26-23-20-17-14-11-8-5-2/h17,20,26,28,32,34,40,42,65,68,73-76,78-80,82,84-86,88-89H,4-16,18-19,21-25,27,29-31,33,35-39,41,43-64,66-67,69-72H2,1-3H3,(H,83,90)/b20-17-,28-26-,34-32-,42-40-,68-65+. The lowest BCUT2D eigenvalue weighted by molar-refractivity contribution is -0.305. The van der Waals surface area contributed by atoms with Crippen molar-refractivity contribution in [3.05, 3.63) is 60.8 Å². The molecule has 1 rings (SSSR count). The summed E-state index contributed by atoms with van der Waals surface area (Å²) in [6.07, 6.45) is 79.9. The van der Waals surface area contributed by atoms with Crippen molar-refractivity contribution in [3.8, 4) is 0 Å². The van der Waals surface area contributed by atoms with Gasteiger partial charge in [0.15, 0.2) is 12.4 Å². The molecule has 1 aliphatic rings. The minimum Gasteiger partial charge on any atom is -0.454 e. The Bertz CT molecular complexity index is 1750. The summed E-state index contributed by atoms with van der Waals surface area (Å²) in [6, 6.07) is -1.03. The highest BCUT2D eigenvalue weighted by Crippen LogP contribution is 2.27. The molecule has 544 valence electrons. The molecule has 1 aliphatic heterocycles. The number of hydrogen-bond donors (Lipinski definition) is 6. The Labute approximate surface area is 573 Å². The molecule has 11 heteroatoms. The highest BCUT2D eigenvalue weighted by Gasteiger charge is 2.47. The van der Waals surface area contributed by atoms with Crippen molar-refractivity contribution in [1.82, 2.24) is 5.32 Å². The second kappa shape index (κ2) is 69.3. The van der Waals surface area contributed by atoms with Crippen molar-refractivity contribution >= 4 is 11.9 Å². The third-order valence-corrected chi connectivity index (χ3v) is 18.9. The lowest BCUT2D eigenvalue weighted by Gasteiger charge is -2.41. The van der Waals surface area contributed by atoms with Gasteiger partial charge in [-0.1, -0.05) is 370 Å². The molecule has 0 aliphatic carbocycles. The first-order chi connectivity index (χ1) is 45.7. The highest BCUT2D eigenvalue weighted by molar-refractivity contribution is 5.80. The molecule has 0 aromatic heterocycles. The van der Waals surface area contributed by atoms with Crippen LogP contribution in [0.2, 0.25) is 0 Å². The van der Waals surface area contributed by atoms with E-state index in [1.165, 1.54) is 257 Å². The number of carbonyl (C=O) groups is 2. The molecular weight excluding hydrogens is 1160 g/mol. The van der Waals surface area contributed by atoms with Crippen molar-refractivity contribution < 1.29 is 49.3 Å². The Morgan fingerprint density at radius 3 is 1.13 bits per heavy atom. The van der Waals surface area contributed by atoms with E-state index in [2.05, 4.69) is 74.7 Å². The van der Waals surface area contributed by atoms with Crippen molar-refractivity contribution in [2.45, 2.75) is 436 Å². The number of allylic oxidation sites excluding steroid dienone is 9. The molecule has 11 nitrogen and oxygen atoms in total. The molecule has 0 bridgehead atoms. The molecule has 8 unspecified atom stereocenters. The van der Waals surface area contributed by atoms with E-state index in [1.807, 2.05) is 6.08 Å². The van der Waals surface area contributed by atoms with Crippen molar-refractivity contribution in [3.63, 3.8) is 0 Å². The number of nitrogens with one attached hydrogen (secondary N) is 1. The monoisotopic (exact) mass is 1310 g/mol. The van der Waals surface area contributed by atoms with Gasteiger partial charge < -0.3 is 45.1 Å². The van der Waals surface area contributed by atoms with Crippen molar-refractivity contribution in [1.29, 1.82) is 0 Å². The van der Waals surface area contributed by atoms with Gasteiger partial charge in [0.2, 0.25) is 5.91 Å². The molecule has 8 atom stereocenters. The second-order valence-electron chi connectivity index (χ2n) is 27.8. The highest BCUT2D eigenvalue weighted by atomic mass is 16.7. The maximum atomic E-state index is 13.5. The summed E-state index contributed by atoms with van der Waals surface area (Å²) < 4.78 is 17.8. The Morgan fingerprint density at radius 2 is 0.742 bits per heavy atom. The smallest absolute Gasteiger partial charge is 0.306 e. The predicted molar refractivity (Wildman–Crippen MR) is 393 cm³/mol. The Morgan fingerprint density at radius 1 is 0.419 bits per heavy atom. The number of carbonyl (C=O) groups excluding carboxylic acids is 2. The van der Waals surface area contributed by atoms with E-state index < -0.39 is 67.4 Å². The third-order valence-electron chi connectivity index (χ3n) is 18.9. The SMILES string of the molecule is CCCCC/C=C\C/C=C\C/C=C\C/C=C\CCCCCCCCCCC(O)C(=O)NC(COC1OC(CO)C(O)C(O)C1OC(=O)CCCCCCCCCCCCCCCCCCCCCCCCCCCCC)C(O)/C=C/CCCCCCCCCCCCC. The van der Waals surface area contributed by atoms with Crippen molar-refractivity contribution in [2.24, 2.45) is 0 Å². The van der Waals surface area contributed by atoms with Gasteiger partial charge >= 0.3 is 5.97 Å². The minimum atomic E-state index is -1.62. The van der Waals surface area contributed by atoms with Crippen LogP contribution in [0.4, 0.5) is 0 Å². The van der Waals surface area contributed by atoms with Crippen LogP contribution < -0.4 is 5.32 Å². The summed E-state index contributed by atoms with van der Waals surface area (Å²) in [5.41, 5.74) is 0. The molecule has 0 aromatic carbocycles. The predicted octanol–water partition coefficient (Wildman–Crippen LogP) is 21.6. The maximum Gasteiger partial charge on any atom is 0.306 e. The van der Waals surface area contributed by atoms with Crippen LogP contribution in [0.1, 0.15) is 387 Å². The molecular formula is C82H151NO10. The summed E-state index contributed by atoms with van der Waals surface area (Å²) in [4.78, 5) is 26.8. The molecule has 1 amide bonds. The Balaban J connectivity index is 2.51. The van der Waals surface area contributed by atoms with Crippen LogP contribution in [0.5, 0.6) is 0 Å². The molecule has 1 fully saturated rings. The van der Waals surface area contributed by atoms with E-state index in [4.69, 9.17) is 14.2 Å². The van der Waals surface area contributed by atoms with Crippen LogP contribution in [0.3, 0.4) is 0 Å². The summed E-state index contributed by atoms with van der Waals surface area (Å²) in [7, 11) is 0. The van der Waals surface area contributed by atoms with Crippen LogP contribution in [-0.4, -0.2) is 99.6 Å². The minimum absolute atomic E-state index is 0.127. The van der Waals surface area contributed by atoms with Gasteiger partial charge in [-0.3, -0.25) is 9.59 Å². The van der Waals surface area contributed by atoms with E-state index in [-0.39, 0.29) is 19.4 Å². The zero-order chi connectivity index (χ0) is 67.4. The first kappa shape index (κ1) is 88.4. The van der Waals surface area contributed by atoms with E-state index in [0.717, 1.165) is 83.5 Å². The number of esters is 1. The number of amides is 1. The number of unbranched alkanes of at least 4 members (excludes halogenated alkanes) is 48. The lowest BCUT2D eigenvalue weighted by Crippen LogP contribution is -2.61. The molecule has 6 N–H and O–H groups in total. The molecule has 0 aromatic rings. The quantitative estimate of drug-likeness (QED) is 0.0195. The summed E-state index contributed by atoms with van der Waals surface area (Å²) >= 11 is 0. The number of ether oxygens (including phenoxy) is 3. The zero-order valence-electron chi connectivity index (χ0n) is 60.9. The zero-order valence-corrected chi connectivity index (χ0v) is 60.9. The first-order valence-electron chi connectivity index (χ1n) is 40.1. The molecule has 0 saturated carbocycles. The number of aliphatic hydroxyl groups is 5. The van der Waals surface area contributed by atoms with E-state index in [9.17, 15) is 35.1 Å². The maximum absolute atomic E-state index is 13.5. The fourth-order valence-corrected chi connectivity index (χ4v) is 12.6. The van der Waals surface area contributed by atoms with Gasteiger partial charge in [-0.2, -0.15) is 0 Å². The van der Waals surface area contributed by atoms with E-state index in [1.54, 1.807) is 6.08 Å². The third kappa shape index (κ3) is 56.0. The molecule has 1 saturated heterocycles. The van der Waals surface area contributed by atoms with Crippen LogP contribution in [0.15, 0.2) is 60.8 Å². The summed E-state index contributed by atoms with van der Waals surface area (Å²) in [5.74, 6) is -1.18. The fourth-order valence-electron chi connectivity index (χ4n) is 12.6. The Kier molecular flexibility index (Phi) is 65.8. The molecule has 1 heterocycles. The summed E-state index contributed by atoms with van der Waals surface area (Å²) in [5, 5.41) is 57.5. The van der Waals surface area contributed by atoms with Crippen LogP contribution in [-0.2, 0) is 23.8 Å². The average molecular weight is 1310 g/mol. The normalized spacial score (nSPS) is 18.1. The van der Waals surface area contributed by atoms with Gasteiger partial charge in [0.25, 0.3) is 0 Å². The number of rotatable bonds is 70. The first-order valence-corrected chi connectivity index (χ1v) is 40.1. The summed E-state index contributed by atoms with van der Waals surface area (Å²) in [6.45, 7) is 5.83. The number of hydrogen-bond acceptors (Lipinski definition) is 10. The van der Waals surface area contributed by atoms with Gasteiger partial charge in [-0.25, -0.2) is 0 Å². The van der Waals surface area contributed by atoms with Gasteiger partial charge in [0.1, 0.15) is 24.4 Å². The largest absolute Gasteiger partial charge is 0.454 e. The van der Waals surface area contributed by atoms with Crippen molar-refractivity contribution in [2.75, 3.05) is 13.2 Å². The fraction of sp³-hybridized carbons (Fsp3) is 0.854. The lowest BCUT2D eigenvalue weighted by atomic mass is 9.99. The molecule has 93 heavy (non-hydrogen) atoms. The van der Waals surface area contributed by atoms with E-state index in [0.29, 0.717) is 12.8 Å². The Hall–Kier alpha value is -2.64. The topological polar surface area (TPSA) is 175 Å². The second-order valence-corrected chi connectivity index (χ2v) is 27.8. The van der Waals surface area contributed by atoms with E-state index >= 15 is 0 Å². The van der Waals surface area contributed by atoms with Crippen LogP contribution >= 0.6 is 0 Å².